The smallest absolute Gasteiger partial charge is 0.234 e. The van der Waals surface area contributed by atoms with Crippen LogP contribution in [0.3, 0.4) is 0 Å². The highest BCUT2D eigenvalue weighted by Crippen LogP contribution is 1.94. The molecule has 0 aliphatic rings. The molecule has 1 aromatic rings. The molecule has 1 amide bonds. The van der Waals surface area contributed by atoms with Crippen LogP contribution in [0.15, 0.2) is 12.3 Å². The van der Waals surface area contributed by atoms with E-state index >= 15 is 0 Å². The van der Waals surface area contributed by atoms with Gasteiger partial charge in [0.1, 0.15) is 0 Å². The molecule has 15 heavy (non-hydrogen) atoms. The van der Waals surface area contributed by atoms with Gasteiger partial charge in [-0.3, -0.25) is 9.48 Å². The number of rotatable bonds is 5. The second kappa shape index (κ2) is 5.50. The summed E-state index contributed by atoms with van der Waals surface area (Å²) in [7, 11) is 1.88. The molecule has 0 fully saturated rings. The minimum absolute atomic E-state index is 0.0205. The molecule has 1 rings (SSSR count). The first kappa shape index (κ1) is 11.7. The van der Waals surface area contributed by atoms with E-state index in [9.17, 15) is 4.79 Å². The van der Waals surface area contributed by atoms with Gasteiger partial charge in [0.05, 0.1) is 12.2 Å². The van der Waals surface area contributed by atoms with Crippen LogP contribution in [0.1, 0.15) is 19.5 Å². The van der Waals surface area contributed by atoms with Crippen molar-refractivity contribution in [2.24, 2.45) is 7.05 Å². The maximum Gasteiger partial charge on any atom is 0.234 e. The van der Waals surface area contributed by atoms with E-state index < -0.39 is 0 Å². The zero-order valence-corrected chi connectivity index (χ0v) is 9.45. The van der Waals surface area contributed by atoms with Crippen LogP contribution in [0.25, 0.3) is 0 Å². The summed E-state index contributed by atoms with van der Waals surface area (Å²) in [6.45, 7) is 4.88. The Morgan fingerprint density at radius 3 is 2.87 bits per heavy atom. The van der Waals surface area contributed by atoms with Crippen LogP contribution >= 0.6 is 0 Å². The Morgan fingerprint density at radius 2 is 2.33 bits per heavy atom. The molecule has 84 valence electrons. The first-order valence-corrected chi connectivity index (χ1v) is 5.06. The van der Waals surface area contributed by atoms with Crippen molar-refractivity contribution in [1.29, 1.82) is 0 Å². The van der Waals surface area contributed by atoms with Crippen molar-refractivity contribution in [3.63, 3.8) is 0 Å². The van der Waals surface area contributed by atoms with E-state index in [2.05, 4.69) is 15.7 Å². The zero-order valence-electron chi connectivity index (χ0n) is 9.45. The maximum atomic E-state index is 11.3. The van der Waals surface area contributed by atoms with Gasteiger partial charge in [-0.05, 0) is 19.9 Å². The van der Waals surface area contributed by atoms with Crippen LogP contribution < -0.4 is 10.6 Å². The number of carbonyl (C=O) groups excluding carboxylic acids is 1. The van der Waals surface area contributed by atoms with Gasteiger partial charge in [0.2, 0.25) is 5.91 Å². The van der Waals surface area contributed by atoms with Crippen molar-refractivity contribution in [3.8, 4) is 0 Å². The first-order valence-electron chi connectivity index (χ1n) is 5.06. The molecule has 0 spiro atoms. The van der Waals surface area contributed by atoms with Gasteiger partial charge in [0, 0.05) is 25.8 Å². The van der Waals surface area contributed by atoms with Gasteiger partial charge in [-0.1, -0.05) is 0 Å². The molecule has 0 atom stereocenters. The minimum Gasteiger partial charge on any atom is -0.353 e. The first-order chi connectivity index (χ1) is 7.09. The third-order valence-electron chi connectivity index (χ3n) is 1.96. The molecule has 0 aromatic carbocycles. The third kappa shape index (κ3) is 4.12. The molecular formula is C10H18N4O. The highest BCUT2D eigenvalue weighted by Gasteiger charge is 2.03. The molecule has 1 aromatic heterocycles. The summed E-state index contributed by atoms with van der Waals surface area (Å²) in [5.41, 5.74) is 1.06. The van der Waals surface area contributed by atoms with Gasteiger partial charge < -0.3 is 10.6 Å². The van der Waals surface area contributed by atoms with Gasteiger partial charge in [-0.2, -0.15) is 5.10 Å². The molecule has 5 nitrogen and oxygen atoms in total. The van der Waals surface area contributed by atoms with Crippen LogP contribution in [0, 0.1) is 0 Å². The zero-order chi connectivity index (χ0) is 11.3. The van der Waals surface area contributed by atoms with E-state index in [-0.39, 0.29) is 11.9 Å². The molecule has 5 heteroatoms. The Labute approximate surface area is 89.9 Å². The Balaban J connectivity index is 2.22. The normalized spacial score (nSPS) is 10.7. The molecule has 0 saturated heterocycles. The fraction of sp³-hybridized carbons (Fsp3) is 0.600. The number of amides is 1. The van der Waals surface area contributed by atoms with Gasteiger partial charge in [-0.25, -0.2) is 0 Å². The average Bonchev–Trinajstić information content (AvgIpc) is 2.50. The van der Waals surface area contributed by atoms with E-state index in [1.54, 1.807) is 10.9 Å². The lowest BCUT2D eigenvalue weighted by molar-refractivity contribution is -0.120. The highest BCUT2D eigenvalue weighted by molar-refractivity contribution is 5.78. The number of nitrogens with zero attached hydrogens (tertiary/aromatic N) is 2. The van der Waals surface area contributed by atoms with Crippen molar-refractivity contribution >= 4 is 5.91 Å². The lowest BCUT2D eigenvalue weighted by Crippen LogP contribution is -2.37. The van der Waals surface area contributed by atoms with Crippen molar-refractivity contribution in [2.45, 2.75) is 26.4 Å². The van der Waals surface area contributed by atoms with Gasteiger partial charge in [0.15, 0.2) is 0 Å². The molecular weight excluding hydrogens is 192 g/mol. The highest BCUT2D eigenvalue weighted by atomic mass is 16.1. The molecule has 2 N–H and O–H groups in total. The number of aryl methyl sites for hydroxylation is 1. The molecule has 1 heterocycles. The second-order valence-corrected chi connectivity index (χ2v) is 3.77. The van der Waals surface area contributed by atoms with Gasteiger partial charge in [-0.15, -0.1) is 0 Å². The maximum absolute atomic E-state index is 11.3. The average molecular weight is 210 g/mol. The standard InChI is InChI=1S/C10H18N4O/c1-8(2)13-10(15)7-11-6-9-4-5-12-14(9)3/h4-5,8,11H,6-7H2,1-3H3,(H,13,15). The Hall–Kier alpha value is -1.36. The summed E-state index contributed by atoms with van der Waals surface area (Å²) in [5, 5.41) is 9.91. The lowest BCUT2D eigenvalue weighted by atomic mass is 10.4. The predicted molar refractivity (Wildman–Crippen MR) is 58.2 cm³/mol. The Morgan fingerprint density at radius 1 is 1.60 bits per heavy atom. The van der Waals surface area contributed by atoms with Gasteiger partial charge >= 0.3 is 0 Å². The summed E-state index contributed by atoms with van der Waals surface area (Å²) < 4.78 is 1.79. The number of carbonyl (C=O) groups is 1. The minimum atomic E-state index is 0.0205. The van der Waals surface area contributed by atoms with E-state index in [0.717, 1.165) is 5.69 Å². The van der Waals surface area contributed by atoms with E-state index in [0.29, 0.717) is 13.1 Å². The van der Waals surface area contributed by atoms with E-state index in [4.69, 9.17) is 0 Å². The molecule has 0 saturated carbocycles. The fourth-order valence-electron chi connectivity index (χ4n) is 1.25. The monoisotopic (exact) mass is 210 g/mol. The fourth-order valence-corrected chi connectivity index (χ4v) is 1.25. The van der Waals surface area contributed by atoms with Crippen molar-refractivity contribution in [1.82, 2.24) is 20.4 Å². The summed E-state index contributed by atoms with van der Waals surface area (Å²) in [4.78, 5) is 11.3. The SMILES string of the molecule is CC(C)NC(=O)CNCc1ccnn1C. The third-order valence-corrected chi connectivity index (χ3v) is 1.96. The molecule has 0 aliphatic carbocycles. The number of hydrogen-bond acceptors (Lipinski definition) is 3. The van der Waals surface area contributed by atoms with Crippen LogP contribution in [0.2, 0.25) is 0 Å². The quantitative estimate of drug-likeness (QED) is 0.721. The summed E-state index contributed by atoms with van der Waals surface area (Å²) in [6.07, 6.45) is 1.74. The van der Waals surface area contributed by atoms with Crippen molar-refractivity contribution in [2.75, 3.05) is 6.54 Å². The summed E-state index contributed by atoms with van der Waals surface area (Å²) in [6, 6.07) is 2.11. The van der Waals surface area contributed by atoms with E-state index in [1.807, 2.05) is 27.0 Å². The van der Waals surface area contributed by atoms with Crippen LogP contribution in [0.5, 0.6) is 0 Å². The number of aromatic nitrogens is 2. The Bertz CT molecular complexity index is 319. The Kier molecular flexibility index (Phi) is 4.30. The van der Waals surface area contributed by atoms with Gasteiger partial charge in [0.25, 0.3) is 0 Å². The van der Waals surface area contributed by atoms with E-state index in [1.165, 1.54) is 0 Å². The molecule has 0 unspecified atom stereocenters. The second-order valence-electron chi connectivity index (χ2n) is 3.77. The predicted octanol–water partition coefficient (Wildman–Crippen LogP) is 0.0343. The lowest BCUT2D eigenvalue weighted by Gasteiger charge is -2.09. The molecule has 0 aliphatic heterocycles. The molecule has 0 radical (unpaired) electrons. The summed E-state index contributed by atoms with van der Waals surface area (Å²) in [5.74, 6) is 0.0205. The number of hydrogen-bond donors (Lipinski definition) is 2. The molecule has 0 bridgehead atoms. The van der Waals surface area contributed by atoms with Crippen molar-refractivity contribution in [3.05, 3.63) is 18.0 Å². The number of nitrogens with one attached hydrogen (secondary N) is 2. The van der Waals surface area contributed by atoms with Crippen LogP contribution in [-0.4, -0.2) is 28.3 Å². The van der Waals surface area contributed by atoms with Crippen LogP contribution in [0.4, 0.5) is 0 Å². The topological polar surface area (TPSA) is 59.0 Å². The van der Waals surface area contributed by atoms with Crippen LogP contribution in [-0.2, 0) is 18.4 Å². The largest absolute Gasteiger partial charge is 0.353 e. The summed E-state index contributed by atoms with van der Waals surface area (Å²) >= 11 is 0. The van der Waals surface area contributed by atoms with Crippen molar-refractivity contribution < 1.29 is 4.79 Å².